The van der Waals surface area contributed by atoms with E-state index in [2.05, 4.69) is 15.6 Å². The minimum Gasteiger partial charge on any atom is -0.478 e. The minimum absolute atomic E-state index is 0.00869. The van der Waals surface area contributed by atoms with Gasteiger partial charge in [0, 0.05) is 5.69 Å². The van der Waals surface area contributed by atoms with Crippen LogP contribution in [0, 0.1) is 26.6 Å². The summed E-state index contributed by atoms with van der Waals surface area (Å²) in [6.07, 6.45) is 0. The zero-order chi connectivity index (χ0) is 22.9. The molecule has 31 heavy (non-hydrogen) atoms. The van der Waals surface area contributed by atoms with Gasteiger partial charge < -0.3 is 15.5 Å². The van der Waals surface area contributed by atoms with Gasteiger partial charge in [0.15, 0.2) is 5.69 Å². The summed E-state index contributed by atoms with van der Waals surface area (Å²) < 4.78 is 14.8. The van der Waals surface area contributed by atoms with Gasteiger partial charge in [0.05, 0.1) is 23.4 Å². The smallest absolute Gasteiger partial charge is 0.336 e. The molecule has 0 bridgehead atoms. The number of hydrogen-bond acceptors (Lipinski definition) is 5. The highest BCUT2D eigenvalue weighted by molar-refractivity contribution is 6.08. The van der Waals surface area contributed by atoms with Gasteiger partial charge in [-0.05, 0) is 55.7 Å². The third-order valence-corrected chi connectivity index (χ3v) is 4.88. The molecular weight excluding hydrogens is 407 g/mol. The van der Waals surface area contributed by atoms with Crippen molar-refractivity contribution in [3.05, 3.63) is 75.4 Å². The van der Waals surface area contributed by atoms with E-state index in [1.165, 1.54) is 29.8 Å². The summed E-state index contributed by atoms with van der Waals surface area (Å²) in [5, 5.41) is 29.2. The molecule has 0 aliphatic rings. The van der Waals surface area contributed by atoms with Crippen LogP contribution in [0.4, 0.5) is 10.1 Å². The molecule has 10 heteroatoms. The molecule has 9 nitrogen and oxygen atoms in total. The van der Waals surface area contributed by atoms with Crippen molar-refractivity contribution in [3.8, 4) is 0 Å². The molecule has 1 amide bonds. The fourth-order valence-electron chi connectivity index (χ4n) is 3.32. The predicted octanol–water partition coefficient (Wildman–Crippen LogP) is 3.04. The topological polar surface area (TPSA) is 134 Å². The zero-order valence-electron chi connectivity index (χ0n) is 16.9. The molecule has 0 atom stereocenters. The van der Waals surface area contributed by atoms with E-state index < -0.39 is 29.2 Å². The van der Waals surface area contributed by atoms with Gasteiger partial charge in [-0.15, -0.1) is 5.10 Å². The van der Waals surface area contributed by atoms with Gasteiger partial charge in [-0.1, -0.05) is 17.3 Å². The summed E-state index contributed by atoms with van der Waals surface area (Å²) in [5.74, 6) is -3.81. The molecule has 3 aromatic rings. The lowest BCUT2D eigenvalue weighted by Crippen LogP contribution is -2.19. The van der Waals surface area contributed by atoms with Crippen LogP contribution in [0.3, 0.4) is 0 Å². The maximum absolute atomic E-state index is 13.4. The van der Waals surface area contributed by atoms with Crippen molar-refractivity contribution in [2.45, 2.75) is 27.3 Å². The molecule has 0 saturated carbocycles. The average Bonchev–Trinajstić information content (AvgIpc) is 3.04. The Morgan fingerprint density at radius 2 is 1.81 bits per heavy atom. The Morgan fingerprint density at radius 3 is 2.42 bits per heavy atom. The molecule has 3 N–H and O–H groups in total. The fourth-order valence-corrected chi connectivity index (χ4v) is 3.32. The predicted molar refractivity (Wildman–Crippen MR) is 108 cm³/mol. The van der Waals surface area contributed by atoms with Crippen LogP contribution >= 0.6 is 0 Å². The van der Waals surface area contributed by atoms with Crippen molar-refractivity contribution in [3.63, 3.8) is 0 Å². The summed E-state index contributed by atoms with van der Waals surface area (Å²) in [5.41, 5.74) is 0.999. The van der Waals surface area contributed by atoms with Gasteiger partial charge in [0.25, 0.3) is 5.91 Å². The second-order valence-corrected chi connectivity index (χ2v) is 6.99. The van der Waals surface area contributed by atoms with Crippen molar-refractivity contribution < 1.29 is 29.0 Å². The maximum Gasteiger partial charge on any atom is 0.336 e. The number of rotatable bonds is 6. The van der Waals surface area contributed by atoms with Crippen LogP contribution in [0.15, 0.2) is 30.3 Å². The Kier molecular flexibility index (Phi) is 5.82. The molecule has 1 heterocycles. The first-order chi connectivity index (χ1) is 14.6. The molecule has 0 saturated heterocycles. The van der Waals surface area contributed by atoms with Gasteiger partial charge in [-0.25, -0.2) is 18.7 Å². The number of carboxylic acids is 2. The Bertz CT molecular complexity index is 1220. The number of aromatic nitrogens is 3. The summed E-state index contributed by atoms with van der Waals surface area (Å²) in [7, 11) is 0. The second kappa shape index (κ2) is 8.34. The number of carboxylic acid groups (broad SMARTS) is 2. The van der Waals surface area contributed by atoms with Crippen molar-refractivity contribution in [1.82, 2.24) is 15.0 Å². The van der Waals surface area contributed by atoms with E-state index in [1.807, 2.05) is 0 Å². The third-order valence-electron chi connectivity index (χ3n) is 4.88. The standard InChI is InChI=1S/C21H19FN4O5/c1-10-7-15(20(28)29)16(21(30)31)11(2)17(10)23-19(27)18-12(3)26(25-24-18)9-13-5-4-6-14(22)8-13/h4-8H,9H2,1-3H3,(H,23,27)(H,28,29)(H,30,31). The van der Waals surface area contributed by atoms with Gasteiger partial charge in [-0.2, -0.15) is 0 Å². The van der Waals surface area contributed by atoms with Crippen LogP contribution in [0.2, 0.25) is 0 Å². The molecule has 0 radical (unpaired) electrons. The number of hydrogen-bond donors (Lipinski definition) is 3. The minimum atomic E-state index is -1.41. The normalized spacial score (nSPS) is 10.7. The van der Waals surface area contributed by atoms with Crippen LogP contribution < -0.4 is 5.32 Å². The molecule has 3 rings (SSSR count). The number of amides is 1. The maximum atomic E-state index is 13.4. The van der Waals surface area contributed by atoms with Gasteiger partial charge in [0.1, 0.15) is 5.82 Å². The molecule has 0 fully saturated rings. The van der Waals surface area contributed by atoms with Gasteiger partial charge >= 0.3 is 11.9 Å². The molecule has 0 spiro atoms. The molecule has 0 aliphatic carbocycles. The third kappa shape index (κ3) is 4.27. The van der Waals surface area contributed by atoms with Gasteiger partial charge in [0.2, 0.25) is 0 Å². The summed E-state index contributed by atoms with van der Waals surface area (Å²) in [6, 6.07) is 7.15. The van der Waals surface area contributed by atoms with Gasteiger partial charge in [-0.3, -0.25) is 4.79 Å². The van der Waals surface area contributed by atoms with E-state index in [1.54, 1.807) is 26.0 Å². The first kappa shape index (κ1) is 21.6. The second-order valence-electron chi connectivity index (χ2n) is 6.99. The lowest BCUT2D eigenvalue weighted by atomic mass is 9.96. The molecule has 2 aromatic carbocycles. The van der Waals surface area contributed by atoms with Crippen molar-refractivity contribution in [2.75, 3.05) is 5.32 Å². The van der Waals surface area contributed by atoms with E-state index in [9.17, 15) is 29.0 Å². The van der Waals surface area contributed by atoms with E-state index in [0.717, 1.165) is 0 Å². The number of carbonyl (C=O) groups is 3. The van der Waals surface area contributed by atoms with Crippen LogP contribution in [0.5, 0.6) is 0 Å². The Labute approximate surface area is 176 Å². The largest absolute Gasteiger partial charge is 0.478 e. The van der Waals surface area contributed by atoms with E-state index in [0.29, 0.717) is 16.8 Å². The molecule has 1 aromatic heterocycles. The van der Waals surface area contributed by atoms with Crippen molar-refractivity contribution in [1.29, 1.82) is 0 Å². The number of aryl methyl sites for hydroxylation is 1. The van der Waals surface area contributed by atoms with Crippen LogP contribution in [0.1, 0.15) is 53.6 Å². The van der Waals surface area contributed by atoms with E-state index in [-0.39, 0.29) is 29.1 Å². The highest BCUT2D eigenvalue weighted by Gasteiger charge is 2.25. The number of benzene rings is 2. The van der Waals surface area contributed by atoms with Crippen LogP contribution in [-0.4, -0.2) is 43.1 Å². The van der Waals surface area contributed by atoms with Crippen molar-refractivity contribution >= 4 is 23.5 Å². The van der Waals surface area contributed by atoms with E-state index >= 15 is 0 Å². The van der Waals surface area contributed by atoms with Crippen LogP contribution in [0.25, 0.3) is 0 Å². The number of aromatic carboxylic acids is 2. The highest BCUT2D eigenvalue weighted by Crippen LogP contribution is 2.28. The Balaban J connectivity index is 1.92. The summed E-state index contributed by atoms with van der Waals surface area (Å²) >= 11 is 0. The summed E-state index contributed by atoms with van der Waals surface area (Å²) in [4.78, 5) is 35.8. The van der Waals surface area contributed by atoms with Crippen LogP contribution in [-0.2, 0) is 6.54 Å². The SMILES string of the molecule is Cc1cc(C(=O)O)c(C(=O)O)c(C)c1NC(=O)c1nnn(Cc2cccc(F)c2)c1C. The number of nitrogens with zero attached hydrogens (tertiary/aromatic N) is 3. The number of halogens is 1. The summed E-state index contributed by atoms with van der Waals surface area (Å²) in [6.45, 7) is 4.82. The number of nitrogens with one attached hydrogen (secondary N) is 1. The lowest BCUT2D eigenvalue weighted by Gasteiger charge is -2.15. The zero-order valence-corrected chi connectivity index (χ0v) is 16.9. The number of anilines is 1. The van der Waals surface area contributed by atoms with E-state index in [4.69, 9.17) is 0 Å². The fraction of sp³-hybridized carbons (Fsp3) is 0.190. The first-order valence-electron chi connectivity index (χ1n) is 9.16. The quantitative estimate of drug-likeness (QED) is 0.551. The highest BCUT2D eigenvalue weighted by atomic mass is 19.1. The number of carbonyl (C=O) groups excluding carboxylic acids is 1. The Morgan fingerprint density at radius 1 is 1.10 bits per heavy atom. The molecule has 0 aliphatic heterocycles. The molecule has 0 unspecified atom stereocenters. The monoisotopic (exact) mass is 426 g/mol. The Hall–Kier alpha value is -4.08. The molecule has 160 valence electrons. The average molecular weight is 426 g/mol. The van der Waals surface area contributed by atoms with Crippen molar-refractivity contribution in [2.24, 2.45) is 0 Å². The first-order valence-corrected chi connectivity index (χ1v) is 9.16. The lowest BCUT2D eigenvalue weighted by molar-refractivity contribution is 0.0651. The molecular formula is C21H19FN4O5.